The number of para-hydroxylation sites is 2. The molecule has 0 aliphatic rings. The number of amides is 1. The maximum Gasteiger partial charge on any atom is 0.238 e. The number of anilines is 1. The minimum atomic E-state index is -0.219. The van der Waals surface area contributed by atoms with Crippen LogP contribution in [0, 0.1) is 6.92 Å². The largest absolute Gasteiger partial charge is 0.492 e. The standard InChI is InChI=1S/C33H27N5O2/c1-22-16-18-24(19-17-22)31-20-30(35-38(31)26-12-7-4-8-13-26)27-14-9-15-29(34-23(2)39)32(27)28-21-37(36-33(28)40)25-10-5-3-6-11-25/h3-21H,1-2H3,(H,34,39)(H,36,40). The van der Waals surface area contributed by atoms with Gasteiger partial charge in [-0.3, -0.25) is 4.79 Å². The molecular weight excluding hydrogens is 498 g/mol. The molecular formula is C33H27N5O2. The van der Waals surface area contributed by atoms with Crippen molar-refractivity contribution in [1.82, 2.24) is 19.6 Å². The van der Waals surface area contributed by atoms with E-state index in [0.717, 1.165) is 28.2 Å². The van der Waals surface area contributed by atoms with E-state index in [1.165, 1.54) is 12.5 Å². The summed E-state index contributed by atoms with van der Waals surface area (Å²) in [7, 11) is 0. The van der Waals surface area contributed by atoms with E-state index in [9.17, 15) is 9.90 Å². The van der Waals surface area contributed by atoms with E-state index in [4.69, 9.17) is 5.10 Å². The Bertz CT molecular complexity index is 1800. The van der Waals surface area contributed by atoms with Gasteiger partial charge in [0.15, 0.2) is 0 Å². The van der Waals surface area contributed by atoms with E-state index in [0.29, 0.717) is 22.5 Å². The molecule has 0 unspecified atom stereocenters. The van der Waals surface area contributed by atoms with Gasteiger partial charge in [0.05, 0.1) is 28.3 Å². The fourth-order valence-electron chi connectivity index (χ4n) is 4.81. The first-order valence-electron chi connectivity index (χ1n) is 13.0. The Balaban J connectivity index is 1.58. The van der Waals surface area contributed by atoms with Crippen LogP contribution in [-0.4, -0.2) is 30.6 Å². The van der Waals surface area contributed by atoms with Gasteiger partial charge in [0.25, 0.3) is 0 Å². The minimum absolute atomic E-state index is 0.149. The number of benzene rings is 4. The molecule has 40 heavy (non-hydrogen) atoms. The van der Waals surface area contributed by atoms with E-state index < -0.39 is 0 Å². The van der Waals surface area contributed by atoms with Gasteiger partial charge in [0, 0.05) is 35.5 Å². The lowest BCUT2D eigenvalue weighted by Gasteiger charge is -2.13. The maximum absolute atomic E-state index is 12.2. The Morgan fingerprint density at radius 1 is 0.775 bits per heavy atom. The maximum atomic E-state index is 12.2. The lowest BCUT2D eigenvalue weighted by molar-refractivity contribution is -0.114. The highest BCUT2D eigenvalue weighted by atomic mass is 16.3. The summed E-state index contributed by atoms with van der Waals surface area (Å²) in [5, 5.41) is 23.4. The molecule has 2 heterocycles. The average molecular weight is 526 g/mol. The van der Waals surface area contributed by atoms with Gasteiger partial charge >= 0.3 is 0 Å². The molecule has 4 aromatic carbocycles. The SMILES string of the molecule is CC(=O)Nc1cccc(-c2cc(-c3ccc(C)cc3)n(-c3ccccc3)n2)c1-c1cn(-c2ccccc2)nc1O. The van der Waals surface area contributed by atoms with Crippen molar-refractivity contribution in [2.45, 2.75) is 13.8 Å². The third-order valence-corrected chi connectivity index (χ3v) is 6.69. The molecule has 0 aliphatic carbocycles. The fourth-order valence-corrected chi connectivity index (χ4v) is 4.81. The number of hydrogen-bond donors (Lipinski definition) is 2. The smallest absolute Gasteiger partial charge is 0.238 e. The Kier molecular flexibility index (Phi) is 6.46. The summed E-state index contributed by atoms with van der Waals surface area (Å²) in [4.78, 5) is 12.2. The molecule has 0 saturated carbocycles. The molecule has 196 valence electrons. The van der Waals surface area contributed by atoms with Crippen LogP contribution in [0.3, 0.4) is 0 Å². The van der Waals surface area contributed by atoms with Crippen LogP contribution >= 0.6 is 0 Å². The number of carbonyl (C=O) groups is 1. The summed E-state index contributed by atoms with van der Waals surface area (Å²) in [6.07, 6.45) is 1.77. The Labute approximate surface area is 232 Å². The van der Waals surface area contributed by atoms with Crippen molar-refractivity contribution in [1.29, 1.82) is 0 Å². The lowest BCUT2D eigenvalue weighted by atomic mass is 9.96. The van der Waals surface area contributed by atoms with E-state index in [-0.39, 0.29) is 11.8 Å². The van der Waals surface area contributed by atoms with Crippen LogP contribution in [0.15, 0.2) is 115 Å². The highest BCUT2D eigenvalue weighted by molar-refractivity contribution is 6.00. The van der Waals surface area contributed by atoms with Crippen molar-refractivity contribution in [3.8, 4) is 50.9 Å². The second kappa shape index (κ2) is 10.4. The number of carbonyl (C=O) groups excluding carboxylic acids is 1. The Morgan fingerprint density at radius 2 is 1.45 bits per heavy atom. The van der Waals surface area contributed by atoms with E-state index in [1.54, 1.807) is 10.9 Å². The molecule has 6 rings (SSSR count). The van der Waals surface area contributed by atoms with Gasteiger partial charge < -0.3 is 10.4 Å². The first-order valence-corrected chi connectivity index (χ1v) is 13.0. The molecule has 0 fully saturated rings. The zero-order valence-electron chi connectivity index (χ0n) is 22.1. The first kappa shape index (κ1) is 24.9. The number of nitrogens with one attached hydrogen (secondary N) is 1. The topological polar surface area (TPSA) is 85.0 Å². The predicted octanol–water partition coefficient (Wildman–Crippen LogP) is 7.03. The molecule has 2 N–H and O–H groups in total. The molecule has 6 aromatic rings. The van der Waals surface area contributed by atoms with Crippen LogP contribution in [0.5, 0.6) is 5.88 Å². The molecule has 0 spiro atoms. The normalized spacial score (nSPS) is 10.9. The number of hydrogen-bond acceptors (Lipinski definition) is 4. The highest BCUT2D eigenvalue weighted by Gasteiger charge is 2.23. The van der Waals surface area contributed by atoms with Crippen molar-refractivity contribution in [2.75, 3.05) is 5.32 Å². The number of aromatic hydroxyl groups is 1. The number of rotatable bonds is 6. The Morgan fingerprint density at radius 3 is 2.12 bits per heavy atom. The van der Waals surface area contributed by atoms with Crippen LogP contribution in [-0.2, 0) is 4.79 Å². The van der Waals surface area contributed by atoms with E-state index in [1.807, 2.05) is 89.6 Å². The quantitative estimate of drug-likeness (QED) is 0.244. The molecule has 2 aromatic heterocycles. The van der Waals surface area contributed by atoms with Crippen molar-refractivity contribution >= 4 is 11.6 Å². The summed E-state index contributed by atoms with van der Waals surface area (Å²) in [5.41, 5.74) is 7.94. The second-order valence-electron chi connectivity index (χ2n) is 9.58. The zero-order valence-corrected chi connectivity index (χ0v) is 22.1. The van der Waals surface area contributed by atoms with Crippen LogP contribution < -0.4 is 5.32 Å². The summed E-state index contributed by atoms with van der Waals surface area (Å²) in [6.45, 7) is 3.52. The lowest BCUT2D eigenvalue weighted by Crippen LogP contribution is -2.07. The second-order valence-corrected chi connectivity index (χ2v) is 9.58. The summed E-state index contributed by atoms with van der Waals surface area (Å²) >= 11 is 0. The average Bonchev–Trinajstić information content (AvgIpc) is 3.58. The molecule has 0 atom stereocenters. The highest BCUT2D eigenvalue weighted by Crippen LogP contribution is 2.42. The zero-order chi connectivity index (χ0) is 27.6. The van der Waals surface area contributed by atoms with Gasteiger partial charge in [-0.2, -0.15) is 5.10 Å². The summed E-state index contributed by atoms with van der Waals surface area (Å²) in [6, 6.07) is 35.5. The molecule has 0 aliphatic heterocycles. The van der Waals surface area contributed by atoms with Crippen LogP contribution in [0.1, 0.15) is 12.5 Å². The third kappa shape index (κ3) is 4.76. The van der Waals surface area contributed by atoms with Crippen molar-refractivity contribution in [2.24, 2.45) is 0 Å². The summed E-state index contributed by atoms with van der Waals surface area (Å²) in [5.74, 6) is -0.368. The first-order chi connectivity index (χ1) is 19.5. The molecule has 0 bridgehead atoms. The molecule has 1 amide bonds. The monoisotopic (exact) mass is 525 g/mol. The predicted molar refractivity (Wildman–Crippen MR) is 158 cm³/mol. The van der Waals surface area contributed by atoms with Crippen molar-refractivity contribution < 1.29 is 9.90 Å². The number of aryl methyl sites for hydroxylation is 1. The summed E-state index contributed by atoms with van der Waals surface area (Å²) < 4.78 is 3.54. The van der Waals surface area contributed by atoms with Crippen LogP contribution in [0.25, 0.3) is 45.0 Å². The van der Waals surface area contributed by atoms with E-state index in [2.05, 4.69) is 41.6 Å². The van der Waals surface area contributed by atoms with Gasteiger partial charge in [0.2, 0.25) is 11.8 Å². The molecule has 0 radical (unpaired) electrons. The molecule has 7 nitrogen and oxygen atoms in total. The van der Waals surface area contributed by atoms with Gasteiger partial charge in [-0.1, -0.05) is 78.4 Å². The van der Waals surface area contributed by atoms with Gasteiger partial charge in [0.1, 0.15) is 0 Å². The van der Waals surface area contributed by atoms with Gasteiger partial charge in [-0.15, -0.1) is 5.10 Å². The molecule has 7 heteroatoms. The van der Waals surface area contributed by atoms with Crippen molar-refractivity contribution in [3.63, 3.8) is 0 Å². The molecule has 0 saturated heterocycles. The van der Waals surface area contributed by atoms with Crippen LogP contribution in [0.4, 0.5) is 5.69 Å². The van der Waals surface area contributed by atoms with Gasteiger partial charge in [-0.25, -0.2) is 9.36 Å². The Hall–Kier alpha value is -5.43. The third-order valence-electron chi connectivity index (χ3n) is 6.69. The number of nitrogens with zero attached hydrogens (tertiary/aromatic N) is 4. The van der Waals surface area contributed by atoms with Gasteiger partial charge in [-0.05, 0) is 43.3 Å². The van der Waals surface area contributed by atoms with Crippen molar-refractivity contribution in [3.05, 3.63) is 121 Å². The fraction of sp³-hybridized carbons (Fsp3) is 0.0606. The number of aromatic nitrogens is 4. The minimum Gasteiger partial charge on any atom is -0.492 e. The van der Waals surface area contributed by atoms with Crippen LogP contribution in [0.2, 0.25) is 0 Å². The van der Waals surface area contributed by atoms with E-state index >= 15 is 0 Å².